The normalized spacial score (nSPS) is 14.2. The highest BCUT2D eigenvalue weighted by atomic mass is 16.6. The molecule has 0 spiro atoms. The summed E-state index contributed by atoms with van der Waals surface area (Å²) in [6, 6.07) is 12.4. The molecule has 8 heteroatoms. The first-order valence-electron chi connectivity index (χ1n) is 10.4. The molecular weight excluding hydrogens is 394 g/mol. The third-order valence-electron chi connectivity index (χ3n) is 5.53. The lowest BCUT2D eigenvalue weighted by molar-refractivity contribution is 0.137. The number of para-hydroxylation sites is 1. The van der Waals surface area contributed by atoms with Crippen molar-refractivity contribution in [3.05, 3.63) is 60.2 Å². The summed E-state index contributed by atoms with van der Waals surface area (Å²) in [5, 5.41) is 19.7. The van der Waals surface area contributed by atoms with Gasteiger partial charge in [-0.25, -0.2) is 14.8 Å². The fraction of sp³-hybridized carbons (Fsp3) is 0.304. The summed E-state index contributed by atoms with van der Waals surface area (Å²) in [6.45, 7) is 0.698. The molecule has 0 radical (unpaired) electrons. The van der Waals surface area contributed by atoms with Crippen LogP contribution in [0.1, 0.15) is 49.4 Å². The molecule has 0 saturated heterocycles. The Kier molecular flexibility index (Phi) is 6.26. The van der Waals surface area contributed by atoms with Gasteiger partial charge in [-0.05, 0) is 30.5 Å². The minimum atomic E-state index is -1.83. The number of pyridine rings is 1. The van der Waals surface area contributed by atoms with Crippen molar-refractivity contribution in [3.63, 3.8) is 0 Å². The van der Waals surface area contributed by atoms with Crippen molar-refractivity contribution in [2.75, 3.05) is 5.32 Å². The van der Waals surface area contributed by atoms with Crippen LogP contribution in [0, 0.1) is 0 Å². The average molecular weight is 419 g/mol. The van der Waals surface area contributed by atoms with E-state index in [1.807, 2.05) is 12.3 Å². The summed E-state index contributed by atoms with van der Waals surface area (Å²) in [4.78, 5) is 26.2. The van der Waals surface area contributed by atoms with Crippen LogP contribution in [0.15, 0.2) is 48.8 Å². The van der Waals surface area contributed by atoms with Crippen molar-refractivity contribution in [2.45, 2.75) is 44.6 Å². The maximum atomic E-state index is 8.56. The lowest BCUT2D eigenvalue weighted by Gasteiger charge is -2.21. The largest absolute Gasteiger partial charge is 0.503 e. The van der Waals surface area contributed by atoms with Crippen molar-refractivity contribution in [2.24, 2.45) is 0 Å². The van der Waals surface area contributed by atoms with Gasteiger partial charge in [0, 0.05) is 35.8 Å². The quantitative estimate of drug-likeness (QED) is 0.350. The summed E-state index contributed by atoms with van der Waals surface area (Å²) in [5.41, 5.74) is 3.18. The summed E-state index contributed by atoms with van der Waals surface area (Å²) in [6.07, 6.45) is 8.11. The van der Waals surface area contributed by atoms with Crippen LogP contribution in [-0.4, -0.2) is 36.3 Å². The van der Waals surface area contributed by atoms with Gasteiger partial charge in [-0.2, -0.15) is 0 Å². The second-order valence-corrected chi connectivity index (χ2v) is 7.66. The fourth-order valence-corrected chi connectivity index (χ4v) is 4.12. The molecule has 1 aliphatic rings. The number of aromatic amines is 1. The zero-order valence-electron chi connectivity index (χ0n) is 17.1. The van der Waals surface area contributed by atoms with Crippen LogP contribution < -0.4 is 5.32 Å². The second kappa shape index (κ2) is 9.42. The number of carbonyl (C=O) groups is 1. The SMILES string of the molecule is O=C(O)O.c1cncc(CNc2nc(C3CCCCC3)nc3[nH]c4ccccc4c23)c1. The Hall–Kier alpha value is -3.68. The molecule has 0 atom stereocenters. The summed E-state index contributed by atoms with van der Waals surface area (Å²) >= 11 is 0. The van der Waals surface area contributed by atoms with E-state index >= 15 is 0 Å². The smallest absolute Gasteiger partial charge is 0.450 e. The molecule has 1 aliphatic carbocycles. The zero-order chi connectivity index (χ0) is 21.6. The number of rotatable bonds is 4. The third-order valence-corrected chi connectivity index (χ3v) is 5.53. The first-order valence-corrected chi connectivity index (χ1v) is 10.4. The topological polar surface area (TPSA) is 124 Å². The van der Waals surface area contributed by atoms with Gasteiger partial charge in [0.05, 0.1) is 5.39 Å². The lowest BCUT2D eigenvalue weighted by Crippen LogP contribution is -2.11. The molecule has 0 unspecified atom stereocenters. The Morgan fingerprint density at radius 2 is 1.84 bits per heavy atom. The molecule has 0 amide bonds. The van der Waals surface area contributed by atoms with Gasteiger partial charge in [-0.15, -0.1) is 0 Å². The van der Waals surface area contributed by atoms with Gasteiger partial charge in [0.1, 0.15) is 17.3 Å². The van der Waals surface area contributed by atoms with E-state index in [4.69, 9.17) is 25.0 Å². The van der Waals surface area contributed by atoms with Crippen LogP contribution in [0.2, 0.25) is 0 Å². The predicted octanol–water partition coefficient (Wildman–Crippen LogP) is 5.39. The maximum Gasteiger partial charge on any atom is 0.503 e. The number of benzene rings is 1. The minimum Gasteiger partial charge on any atom is -0.450 e. The number of aromatic nitrogens is 4. The molecule has 4 N–H and O–H groups in total. The van der Waals surface area contributed by atoms with Crippen molar-refractivity contribution in [3.8, 4) is 0 Å². The highest BCUT2D eigenvalue weighted by Crippen LogP contribution is 2.35. The van der Waals surface area contributed by atoms with Crippen LogP contribution in [0.3, 0.4) is 0 Å². The zero-order valence-corrected chi connectivity index (χ0v) is 17.1. The number of nitrogens with zero attached hydrogens (tertiary/aromatic N) is 3. The van der Waals surface area contributed by atoms with E-state index in [9.17, 15) is 0 Å². The minimum absolute atomic E-state index is 0.466. The van der Waals surface area contributed by atoms with E-state index in [1.165, 1.54) is 32.1 Å². The van der Waals surface area contributed by atoms with Crippen LogP contribution in [0.25, 0.3) is 21.9 Å². The fourth-order valence-electron chi connectivity index (χ4n) is 4.12. The third kappa shape index (κ3) is 4.91. The Bertz CT molecular complexity index is 1170. The molecule has 1 saturated carbocycles. The molecule has 3 aromatic heterocycles. The number of hydrogen-bond donors (Lipinski definition) is 4. The number of carboxylic acid groups (broad SMARTS) is 2. The second-order valence-electron chi connectivity index (χ2n) is 7.66. The molecule has 4 aromatic rings. The Morgan fingerprint density at radius 3 is 2.58 bits per heavy atom. The molecular formula is C23H25N5O3. The maximum absolute atomic E-state index is 8.56. The molecule has 0 aliphatic heterocycles. The van der Waals surface area contributed by atoms with E-state index in [-0.39, 0.29) is 0 Å². The number of fused-ring (bicyclic) bond motifs is 3. The highest BCUT2D eigenvalue weighted by molar-refractivity contribution is 6.11. The van der Waals surface area contributed by atoms with Gasteiger partial charge in [0.2, 0.25) is 0 Å². The van der Waals surface area contributed by atoms with Crippen molar-refractivity contribution in [1.82, 2.24) is 19.9 Å². The number of hydrogen-bond acceptors (Lipinski definition) is 5. The molecule has 5 rings (SSSR count). The summed E-state index contributed by atoms with van der Waals surface area (Å²) in [7, 11) is 0. The van der Waals surface area contributed by atoms with Gasteiger partial charge < -0.3 is 20.5 Å². The number of H-pyrrole nitrogens is 1. The van der Waals surface area contributed by atoms with E-state index in [0.717, 1.165) is 39.1 Å². The Balaban J connectivity index is 0.000000535. The van der Waals surface area contributed by atoms with Gasteiger partial charge in [-0.3, -0.25) is 4.98 Å². The van der Waals surface area contributed by atoms with E-state index < -0.39 is 6.16 Å². The van der Waals surface area contributed by atoms with E-state index in [0.29, 0.717) is 12.5 Å². The van der Waals surface area contributed by atoms with E-state index in [2.05, 4.69) is 45.6 Å². The monoisotopic (exact) mass is 419 g/mol. The van der Waals surface area contributed by atoms with Crippen molar-refractivity contribution in [1.29, 1.82) is 0 Å². The number of nitrogens with one attached hydrogen (secondary N) is 2. The molecule has 8 nitrogen and oxygen atoms in total. The van der Waals surface area contributed by atoms with Crippen LogP contribution in [0.5, 0.6) is 0 Å². The first-order chi connectivity index (χ1) is 15.1. The standard InChI is InChI=1S/C22H23N5.CH2O3/c1-2-8-16(9-3-1)20-26-21(24-14-15-7-6-12-23-13-15)19-17-10-4-5-11-18(17)25-22(19)27-20;2-1(3)4/h4-7,10-13,16H,1-3,8-9,14H2,(H2,24,25,26,27);(H2,2,3,4). The summed E-state index contributed by atoms with van der Waals surface area (Å²) in [5.74, 6) is 2.36. The molecule has 1 aromatic carbocycles. The molecule has 1 fully saturated rings. The molecule has 31 heavy (non-hydrogen) atoms. The average Bonchev–Trinajstić information content (AvgIpc) is 3.17. The van der Waals surface area contributed by atoms with Gasteiger partial charge in [0.15, 0.2) is 0 Å². The predicted molar refractivity (Wildman–Crippen MR) is 119 cm³/mol. The van der Waals surface area contributed by atoms with Gasteiger partial charge in [-0.1, -0.05) is 43.5 Å². The van der Waals surface area contributed by atoms with Crippen molar-refractivity contribution >= 4 is 33.9 Å². The van der Waals surface area contributed by atoms with Gasteiger partial charge >= 0.3 is 6.16 Å². The molecule has 0 bridgehead atoms. The van der Waals surface area contributed by atoms with Crippen molar-refractivity contribution < 1.29 is 15.0 Å². The van der Waals surface area contributed by atoms with Gasteiger partial charge in [0.25, 0.3) is 0 Å². The van der Waals surface area contributed by atoms with E-state index in [1.54, 1.807) is 6.20 Å². The Morgan fingerprint density at radius 1 is 1.06 bits per heavy atom. The van der Waals surface area contributed by atoms with Crippen LogP contribution in [0.4, 0.5) is 10.6 Å². The molecule has 3 heterocycles. The lowest BCUT2D eigenvalue weighted by atomic mass is 9.88. The van der Waals surface area contributed by atoms with Crippen LogP contribution >= 0.6 is 0 Å². The first kappa shape index (κ1) is 20.6. The Labute approximate surface area is 179 Å². The summed E-state index contributed by atoms with van der Waals surface area (Å²) < 4.78 is 0. The molecule has 160 valence electrons. The number of anilines is 1. The van der Waals surface area contributed by atoms with Crippen LogP contribution in [-0.2, 0) is 6.54 Å². The highest BCUT2D eigenvalue weighted by Gasteiger charge is 2.21.